The lowest BCUT2D eigenvalue weighted by Crippen LogP contribution is -2.23. The van der Waals surface area contributed by atoms with Crippen molar-refractivity contribution in [2.45, 2.75) is 64.2 Å². The van der Waals surface area contributed by atoms with Crippen LogP contribution in [0.2, 0.25) is 0 Å². The number of hydrogen-bond donors (Lipinski definition) is 1. The molecule has 3 nitrogen and oxygen atoms in total. The van der Waals surface area contributed by atoms with E-state index in [2.05, 4.69) is 30.3 Å². The molecule has 20 heavy (non-hydrogen) atoms. The van der Waals surface area contributed by atoms with E-state index >= 15 is 0 Å². The molecule has 2 rings (SSSR count). The molecule has 0 saturated carbocycles. The number of aryl methyl sites for hydroxylation is 1. The van der Waals surface area contributed by atoms with E-state index in [0.717, 1.165) is 24.5 Å². The van der Waals surface area contributed by atoms with E-state index in [4.69, 9.17) is 4.98 Å². The largest absolute Gasteiger partial charge is 0.310 e. The van der Waals surface area contributed by atoms with Gasteiger partial charge in [-0.1, -0.05) is 20.3 Å². The van der Waals surface area contributed by atoms with Crippen LogP contribution in [-0.2, 0) is 12.2 Å². The average molecular weight is 293 g/mol. The molecule has 4 heteroatoms. The maximum Gasteiger partial charge on any atom is 0.138 e. The third kappa shape index (κ3) is 4.45. The first kappa shape index (κ1) is 15.8. The highest BCUT2D eigenvalue weighted by molar-refractivity contribution is 7.98. The van der Waals surface area contributed by atoms with Crippen LogP contribution in [0.5, 0.6) is 0 Å². The predicted molar refractivity (Wildman–Crippen MR) is 87.1 cm³/mol. The maximum atomic E-state index is 4.83. The van der Waals surface area contributed by atoms with E-state index in [-0.39, 0.29) is 0 Å². The van der Waals surface area contributed by atoms with Gasteiger partial charge in [0, 0.05) is 23.5 Å². The van der Waals surface area contributed by atoms with Crippen LogP contribution >= 0.6 is 11.8 Å². The summed E-state index contributed by atoms with van der Waals surface area (Å²) in [5, 5.41) is 3.65. The van der Waals surface area contributed by atoms with Crippen LogP contribution in [0.3, 0.4) is 0 Å². The van der Waals surface area contributed by atoms with E-state index in [1.165, 1.54) is 49.1 Å². The molecule has 0 amide bonds. The molecule has 1 N–H and O–H groups in total. The van der Waals surface area contributed by atoms with Crippen molar-refractivity contribution in [3.05, 3.63) is 23.3 Å². The maximum absolute atomic E-state index is 4.83. The highest BCUT2D eigenvalue weighted by atomic mass is 32.2. The molecule has 0 radical (unpaired) electrons. The highest BCUT2D eigenvalue weighted by Crippen LogP contribution is 2.27. The molecule has 1 aliphatic rings. The lowest BCUT2D eigenvalue weighted by molar-refractivity contribution is 0.488. The Morgan fingerprint density at radius 1 is 1.30 bits per heavy atom. The Bertz CT molecular complexity index is 409. The quantitative estimate of drug-likeness (QED) is 0.611. The molecular weight excluding hydrogens is 266 g/mol. The number of hydrogen-bond acceptors (Lipinski definition) is 4. The number of nitrogens with one attached hydrogen (secondary N) is 1. The van der Waals surface area contributed by atoms with Gasteiger partial charge in [-0.3, -0.25) is 0 Å². The van der Waals surface area contributed by atoms with Gasteiger partial charge in [-0.2, -0.15) is 11.8 Å². The molecule has 0 saturated heterocycles. The molecule has 0 aromatic carbocycles. The minimum atomic E-state index is 0.463. The summed E-state index contributed by atoms with van der Waals surface area (Å²) in [6.45, 7) is 5.52. The van der Waals surface area contributed by atoms with Crippen LogP contribution in [0, 0.1) is 0 Å². The van der Waals surface area contributed by atoms with Crippen molar-refractivity contribution < 1.29 is 0 Å². The van der Waals surface area contributed by atoms with Gasteiger partial charge in [-0.05, 0) is 44.4 Å². The summed E-state index contributed by atoms with van der Waals surface area (Å²) >= 11 is 1.94. The third-order valence-electron chi connectivity index (χ3n) is 3.70. The predicted octanol–water partition coefficient (Wildman–Crippen LogP) is 3.89. The van der Waals surface area contributed by atoms with Gasteiger partial charge in [0.15, 0.2) is 0 Å². The van der Waals surface area contributed by atoms with Gasteiger partial charge in [-0.25, -0.2) is 9.97 Å². The van der Waals surface area contributed by atoms with Crippen molar-refractivity contribution in [3.63, 3.8) is 0 Å². The minimum absolute atomic E-state index is 0.463. The second-order valence-electron chi connectivity index (χ2n) is 5.49. The first-order valence-electron chi connectivity index (χ1n) is 8.01. The van der Waals surface area contributed by atoms with Gasteiger partial charge in [0.1, 0.15) is 5.82 Å². The van der Waals surface area contributed by atoms with E-state index in [1.807, 2.05) is 11.8 Å². The Morgan fingerprint density at radius 2 is 2.20 bits per heavy atom. The van der Waals surface area contributed by atoms with Crippen molar-refractivity contribution in [2.24, 2.45) is 0 Å². The number of aromatic nitrogens is 2. The van der Waals surface area contributed by atoms with Crippen LogP contribution in [-0.4, -0.2) is 22.3 Å². The highest BCUT2D eigenvalue weighted by Gasteiger charge is 2.19. The van der Waals surface area contributed by atoms with Crippen LogP contribution in [0.15, 0.2) is 6.20 Å². The first-order valence-corrected chi connectivity index (χ1v) is 9.16. The third-order valence-corrected chi connectivity index (χ3v) is 4.86. The Hall–Kier alpha value is -0.610. The fourth-order valence-electron chi connectivity index (χ4n) is 2.66. The van der Waals surface area contributed by atoms with Gasteiger partial charge >= 0.3 is 0 Å². The number of thioether (sulfide) groups is 1. The van der Waals surface area contributed by atoms with Crippen molar-refractivity contribution in [1.82, 2.24) is 15.3 Å². The SMILES string of the molecule is CCCNC1CCCCc2nc(CSCCC)ncc21. The molecule has 1 aliphatic carbocycles. The summed E-state index contributed by atoms with van der Waals surface area (Å²) in [6, 6.07) is 0.463. The standard InChI is InChI=1S/C16H27N3S/c1-3-9-17-14-7-5-6-8-15-13(14)11-18-16(19-15)12-20-10-4-2/h11,14,17H,3-10,12H2,1-2H3. The lowest BCUT2D eigenvalue weighted by atomic mass is 10.0. The first-order chi connectivity index (χ1) is 9.85. The van der Waals surface area contributed by atoms with Crippen LogP contribution < -0.4 is 5.32 Å². The normalized spacial score (nSPS) is 18.6. The summed E-state index contributed by atoms with van der Waals surface area (Å²) in [5.74, 6) is 3.16. The Kier molecular flexibility index (Phi) is 6.80. The van der Waals surface area contributed by atoms with Gasteiger partial charge in [0.25, 0.3) is 0 Å². The Labute approximate surface area is 127 Å². The van der Waals surface area contributed by atoms with E-state index in [1.54, 1.807) is 0 Å². The second kappa shape index (κ2) is 8.63. The summed E-state index contributed by atoms with van der Waals surface area (Å²) in [7, 11) is 0. The fourth-order valence-corrected chi connectivity index (χ4v) is 3.42. The van der Waals surface area contributed by atoms with Crippen molar-refractivity contribution in [2.75, 3.05) is 12.3 Å². The minimum Gasteiger partial charge on any atom is -0.310 e. The molecular formula is C16H27N3S. The van der Waals surface area contributed by atoms with Crippen LogP contribution in [0.1, 0.15) is 69.1 Å². The number of rotatable bonds is 7. The Morgan fingerprint density at radius 3 is 3.00 bits per heavy atom. The van der Waals surface area contributed by atoms with Gasteiger partial charge in [-0.15, -0.1) is 0 Å². The smallest absolute Gasteiger partial charge is 0.138 e. The summed E-state index contributed by atoms with van der Waals surface area (Å²) in [4.78, 5) is 9.42. The zero-order valence-electron chi connectivity index (χ0n) is 12.8. The molecule has 1 atom stereocenters. The average Bonchev–Trinajstić information content (AvgIpc) is 2.67. The molecule has 112 valence electrons. The summed E-state index contributed by atoms with van der Waals surface area (Å²) < 4.78 is 0. The molecule has 1 heterocycles. The summed E-state index contributed by atoms with van der Waals surface area (Å²) in [5.41, 5.74) is 2.64. The lowest BCUT2D eigenvalue weighted by Gasteiger charge is -2.18. The van der Waals surface area contributed by atoms with Crippen molar-refractivity contribution in [3.8, 4) is 0 Å². The monoisotopic (exact) mass is 293 g/mol. The van der Waals surface area contributed by atoms with Crippen LogP contribution in [0.4, 0.5) is 0 Å². The van der Waals surface area contributed by atoms with E-state index < -0.39 is 0 Å². The van der Waals surface area contributed by atoms with Gasteiger partial charge in [0.05, 0.1) is 5.75 Å². The van der Waals surface area contributed by atoms with Crippen molar-refractivity contribution in [1.29, 1.82) is 0 Å². The molecule has 0 spiro atoms. The summed E-state index contributed by atoms with van der Waals surface area (Å²) in [6.07, 6.45) is 9.38. The zero-order valence-corrected chi connectivity index (χ0v) is 13.6. The van der Waals surface area contributed by atoms with Crippen molar-refractivity contribution >= 4 is 11.8 Å². The molecule has 1 aromatic rings. The second-order valence-corrected chi connectivity index (χ2v) is 6.60. The fraction of sp³-hybridized carbons (Fsp3) is 0.750. The van der Waals surface area contributed by atoms with Gasteiger partial charge < -0.3 is 5.32 Å². The van der Waals surface area contributed by atoms with Crippen LogP contribution in [0.25, 0.3) is 0 Å². The molecule has 0 fully saturated rings. The van der Waals surface area contributed by atoms with Gasteiger partial charge in [0.2, 0.25) is 0 Å². The molecule has 1 aromatic heterocycles. The topological polar surface area (TPSA) is 37.8 Å². The Balaban J connectivity index is 2.08. The van der Waals surface area contributed by atoms with E-state index in [9.17, 15) is 0 Å². The molecule has 1 unspecified atom stereocenters. The molecule has 0 bridgehead atoms. The zero-order chi connectivity index (χ0) is 14.2. The number of nitrogens with zero attached hydrogens (tertiary/aromatic N) is 2. The molecule has 0 aliphatic heterocycles. The van der Waals surface area contributed by atoms with E-state index in [0.29, 0.717) is 6.04 Å². The number of fused-ring (bicyclic) bond motifs is 1.